The number of alkyl carbamates (subject to hydrolysis) is 1. The molecule has 3 rings (SSSR count). The highest BCUT2D eigenvalue weighted by atomic mass is 32.2. The Bertz CT molecular complexity index is 996. The van der Waals surface area contributed by atoms with Crippen LogP contribution < -0.4 is 10.6 Å². The van der Waals surface area contributed by atoms with Crippen molar-refractivity contribution in [3.63, 3.8) is 0 Å². The number of amides is 2. The minimum absolute atomic E-state index is 0.0842. The van der Waals surface area contributed by atoms with Crippen LogP contribution in [0.15, 0.2) is 48.5 Å². The zero-order valence-electron chi connectivity index (χ0n) is 20.5. The quantitative estimate of drug-likeness (QED) is 0.393. The van der Waals surface area contributed by atoms with Crippen LogP contribution in [0.4, 0.5) is 4.79 Å². The SMILES string of the molecule is CSCC[C@@H](NC(=O)OCC1c2ccccc2-c2ccccc21)C(=O)NC(CCC(C)C)C(=O)O. The molecule has 3 N–H and O–H groups in total. The molecule has 2 aromatic rings. The number of ether oxygens (including phenoxy) is 1. The molecule has 7 nitrogen and oxygen atoms in total. The minimum Gasteiger partial charge on any atom is -0.480 e. The Labute approximate surface area is 211 Å². The van der Waals surface area contributed by atoms with Crippen molar-refractivity contribution in [1.82, 2.24) is 10.6 Å². The maximum atomic E-state index is 12.9. The van der Waals surface area contributed by atoms with E-state index in [0.29, 0.717) is 30.9 Å². The number of thioether (sulfide) groups is 1. The molecule has 0 heterocycles. The molecule has 188 valence electrons. The van der Waals surface area contributed by atoms with Crippen molar-refractivity contribution >= 4 is 29.7 Å². The first-order valence-corrected chi connectivity index (χ1v) is 13.3. The number of fused-ring (bicyclic) bond motifs is 3. The predicted octanol–water partition coefficient (Wildman–Crippen LogP) is 4.65. The molecule has 0 bridgehead atoms. The number of carbonyl (C=O) groups excluding carboxylic acids is 2. The highest BCUT2D eigenvalue weighted by molar-refractivity contribution is 7.98. The van der Waals surface area contributed by atoms with Crippen molar-refractivity contribution in [2.24, 2.45) is 5.92 Å². The Morgan fingerprint density at radius 2 is 1.51 bits per heavy atom. The Morgan fingerprint density at radius 1 is 0.914 bits per heavy atom. The lowest BCUT2D eigenvalue weighted by Gasteiger charge is -2.22. The predicted molar refractivity (Wildman–Crippen MR) is 139 cm³/mol. The summed E-state index contributed by atoms with van der Waals surface area (Å²) >= 11 is 1.54. The van der Waals surface area contributed by atoms with Gasteiger partial charge in [0.05, 0.1) is 0 Å². The van der Waals surface area contributed by atoms with Crippen LogP contribution in [0.2, 0.25) is 0 Å². The van der Waals surface area contributed by atoms with E-state index in [0.717, 1.165) is 22.3 Å². The number of benzene rings is 2. The Hall–Kier alpha value is -3.00. The summed E-state index contributed by atoms with van der Waals surface area (Å²) in [5.41, 5.74) is 4.48. The summed E-state index contributed by atoms with van der Waals surface area (Å²) in [6.45, 7) is 4.14. The van der Waals surface area contributed by atoms with Crippen molar-refractivity contribution in [1.29, 1.82) is 0 Å². The number of nitrogens with one attached hydrogen (secondary N) is 2. The normalized spacial score (nSPS) is 14.1. The zero-order valence-corrected chi connectivity index (χ0v) is 21.3. The molecular weight excluding hydrogens is 464 g/mol. The number of aliphatic carboxylic acids is 1. The molecular formula is C27H34N2O5S. The fourth-order valence-electron chi connectivity index (χ4n) is 4.32. The second-order valence-corrected chi connectivity index (χ2v) is 10.2. The van der Waals surface area contributed by atoms with Gasteiger partial charge in [0.15, 0.2) is 0 Å². The molecule has 8 heteroatoms. The third-order valence-corrected chi connectivity index (χ3v) is 6.85. The Balaban J connectivity index is 1.63. The van der Waals surface area contributed by atoms with Crippen LogP contribution >= 0.6 is 11.8 Å². The summed E-state index contributed by atoms with van der Waals surface area (Å²) < 4.78 is 5.58. The van der Waals surface area contributed by atoms with E-state index in [1.54, 1.807) is 11.8 Å². The molecule has 1 aliphatic carbocycles. The van der Waals surface area contributed by atoms with Gasteiger partial charge in [0, 0.05) is 5.92 Å². The first-order valence-electron chi connectivity index (χ1n) is 12.0. The van der Waals surface area contributed by atoms with E-state index in [1.165, 1.54) is 0 Å². The van der Waals surface area contributed by atoms with Crippen LogP contribution in [0.1, 0.15) is 50.2 Å². The molecule has 0 fully saturated rings. The molecule has 2 atom stereocenters. The minimum atomic E-state index is -1.08. The fourth-order valence-corrected chi connectivity index (χ4v) is 4.79. The van der Waals surface area contributed by atoms with Gasteiger partial charge >= 0.3 is 12.1 Å². The van der Waals surface area contributed by atoms with Crippen LogP contribution in [-0.4, -0.2) is 53.8 Å². The number of hydrogen-bond acceptors (Lipinski definition) is 5. The maximum Gasteiger partial charge on any atom is 0.407 e. The van der Waals surface area contributed by atoms with Crippen LogP contribution in [0, 0.1) is 5.92 Å². The summed E-state index contributed by atoms with van der Waals surface area (Å²) in [6.07, 6.45) is 2.59. The van der Waals surface area contributed by atoms with Crippen molar-refractivity contribution in [2.75, 3.05) is 18.6 Å². The molecule has 2 aromatic carbocycles. The van der Waals surface area contributed by atoms with Gasteiger partial charge in [0.25, 0.3) is 0 Å². The summed E-state index contributed by atoms with van der Waals surface area (Å²) in [5, 5.41) is 14.8. The monoisotopic (exact) mass is 498 g/mol. The van der Waals surface area contributed by atoms with Gasteiger partial charge in [-0.05, 0) is 59.4 Å². The molecule has 1 aliphatic rings. The first-order chi connectivity index (χ1) is 16.8. The molecule has 0 radical (unpaired) electrons. The van der Waals surface area contributed by atoms with E-state index >= 15 is 0 Å². The number of carboxylic acids is 1. The molecule has 0 spiro atoms. The average molecular weight is 499 g/mol. The van der Waals surface area contributed by atoms with Gasteiger partial charge in [-0.1, -0.05) is 62.4 Å². The molecule has 2 amide bonds. The highest BCUT2D eigenvalue weighted by Crippen LogP contribution is 2.44. The van der Waals surface area contributed by atoms with Crippen molar-refractivity contribution in [2.45, 2.75) is 51.1 Å². The average Bonchev–Trinajstić information content (AvgIpc) is 3.16. The Kier molecular flexibility index (Phi) is 9.60. The number of hydrogen-bond donors (Lipinski definition) is 3. The highest BCUT2D eigenvalue weighted by Gasteiger charge is 2.30. The second-order valence-electron chi connectivity index (χ2n) is 9.17. The standard InChI is InChI=1S/C27H34N2O5S/c1-17(2)12-13-24(26(31)32)28-25(30)23(14-15-35-3)29-27(33)34-16-22-20-10-6-4-8-18(20)19-9-5-7-11-21(19)22/h4-11,17,22-24H,12-16H2,1-3H3,(H,28,30)(H,29,33)(H,31,32)/t23-,24?/m1/s1. The molecule has 0 saturated heterocycles. The van der Waals surface area contributed by atoms with E-state index in [9.17, 15) is 19.5 Å². The second kappa shape index (κ2) is 12.6. The number of carbonyl (C=O) groups is 3. The zero-order chi connectivity index (χ0) is 25.4. The topological polar surface area (TPSA) is 105 Å². The van der Waals surface area contributed by atoms with Crippen molar-refractivity contribution in [3.8, 4) is 11.1 Å². The molecule has 1 unspecified atom stereocenters. The van der Waals surface area contributed by atoms with Gasteiger partial charge in [0.1, 0.15) is 18.7 Å². The van der Waals surface area contributed by atoms with Gasteiger partial charge in [-0.15, -0.1) is 0 Å². The Morgan fingerprint density at radius 3 is 2.06 bits per heavy atom. The fraction of sp³-hybridized carbons (Fsp3) is 0.444. The van der Waals surface area contributed by atoms with Crippen LogP contribution in [-0.2, 0) is 14.3 Å². The lowest BCUT2D eigenvalue weighted by Crippen LogP contribution is -2.52. The molecule has 0 saturated carbocycles. The van der Waals surface area contributed by atoms with Crippen LogP contribution in [0.3, 0.4) is 0 Å². The molecule has 35 heavy (non-hydrogen) atoms. The smallest absolute Gasteiger partial charge is 0.407 e. The van der Waals surface area contributed by atoms with E-state index in [-0.39, 0.29) is 12.5 Å². The first kappa shape index (κ1) is 26.6. The van der Waals surface area contributed by atoms with Gasteiger partial charge in [-0.25, -0.2) is 9.59 Å². The van der Waals surface area contributed by atoms with Crippen molar-refractivity contribution in [3.05, 3.63) is 59.7 Å². The summed E-state index contributed by atoms with van der Waals surface area (Å²) in [7, 11) is 0. The van der Waals surface area contributed by atoms with E-state index in [2.05, 4.69) is 22.8 Å². The summed E-state index contributed by atoms with van der Waals surface area (Å²) in [4.78, 5) is 37.2. The largest absolute Gasteiger partial charge is 0.480 e. The third-order valence-electron chi connectivity index (χ3n) is 6.21. The lowest BCUT2D eigenvalue weighted by molar-refractivity contribution is -0.142. The summed E-state index contributed by atoms with van der Waals surface area (Å²) in [5.74, 6) is -0.725. The van der Waals surface area contributed by atoms with E-state index in [4.69, 9.17) is 4.74 Å². The van der Waals surface area contributed by atoms with Gasteiger partial charge in [0.2, 0.25) is 5.91 Å². The lowest BCUT2D eigenvalue weighted by atomic mass is 9.98. The van der Waals surface area contributed by atoms with Crippen LogP contribution in [0.25, 0.3) is 11.1 Å². The molecule has 0 aromatic heterocycles. The third kappa shape index (κ3) is 7.01. The van der Waals surface area contributed by atoms with Gasteiger partial charge in [-0.3, -0.25) is 4.79 Å². The maximum absolute atomic E-state index is 12.9. The summed E-state index contributed by atoms with van der Waals surface area (Å²) in [6, 6.07) is 14.3. The number of carboxylic acid groups (broad SMARTS) is 1. The number of rotatable bonds is 12. The van der Waals surface area contributed by atoms with Crippen molar-refractivity contribution < 1.29 is 24.2 Å². The van der Waals surface area contributed by atoms with Gasteiger partial charge < -0.3 is 20.5 Å². The van der Waals surface area contributed by atoms with Crippen LogP contribution in [0.5, 0.6) is 0 Å². The van der Waals surface area contributed by atoms with E-state index < -0.39 is 30.1 Å². The molecule has 0 aliphatic heterocycles. The van der Waals surface area contributed by atoms with E-state index in [1.807, 2.05) is 56.5 Å². The van der Waals surface area contributed by atoms with Gasteiger partial charge in [-0.2, -0.15) is 11.8 Å².